The molecule has 1 amide bonds. The molecule has 0 unspecified atom stereocenters. The van der Waals surface area contributed by atoms with Crippen molar-refractivity contribution in [3.8, 4) is 5.75 Å². The summed E-state index contributed by atoms with van der Waals surface area (Å²) >= 11 is 6.52. The van der Waals surface area contributed by atoms with E-state index in [4.69, 9.17) is 21.1 Å². The van der Waals surface area contributed by atoms with Gasteiger partial charge < -0.3 is 19.3 Å². The molecule has 0 aromatic heterocycles. The van der Waals surface area contributed by atoms with E-state index in [2.05, 4.69) is 31.6 Å². The fourth-order valence-electron chi connectivity index (χ4n) is 11.2. The Kier molecular flexibility index (Phi) is 11.1. The van der Waals surface area contributed by atoms with Gasteiger partial charge in [-0.15, -0.1) is 0 Å². The van der Waals surface area contributed by atoms with Crippen molar-refractivity contribution in [2.45, 2.75) is 113 Å². The molecule has 11 heteroatoms. The lowest BCUT2D eigenvalue weighted by molar-refractivity contribution is -0.125. The molecule has 4 aliphatic heterocycles. The summed E-state index contributed by atoms with van der Waals surface area (Å²) in [6, 6.07) is 12.5. The molecule has 3 fully saturated rings. The van der Waals surface area contributed by atoms with Gasteiger partial charge in [0.2, 0.25) is 10.0 Å². The van der Waals surface area contributed by atoms with Crippen LogP contribution in [-0.2, 0) is 26.6 Å². The Balaban J connectivity index is 1.14. The number of nitrogens with one attached hydrogen (secondary N) is 1. The summed E-state index contributed by atoms with van der Waals surface area (Å²) < 4.78 is 43.3. The maximum Gasteiger partial charge on any atom is 0.264 e. The average molecular weight is 782 g/mol. The third-order valence-electron chi connectivity index (χ3n) is 14.8. The highest BCUT2D eigenvalue weighted by atomic mass is 35.5. The van der Waals surface area contributed by atoms with Crippen molar-refractivity contribution in [2.24, 2.45) is 17.8 Å². The standard InChI is InChI=1S/C43H61ClN4O5S/c1-30-8-6-18-43(52-3,19-21-46-22-23-47-20-5-4-10-36(47)27-46)38-14-11-34(38)26-48-28-42(17-7-9-32-24-35(44)13-15-37(32)42)29-53-40-16-12-33(25-39(40)48)41(49)45-54(50,51)31(30)2/h12-13,15-16,24-25,30-31,34,36,38H,4-11,14,17-23,26-29H2,1-3H3,(H,45,49)/t30-,31+,34-,36+,38+,42-,43-/m0/s1. The molecule has 296 valence electrons. The van der Waals surface area contributed by atoms with Gasteiger partial charge in [-0.2, -0.15) is 0 Å². The van der Waals surface area contributed by atoms with Crippen molar-refractivity contribution in [2.75, 3.05) is 64.4 Å². The lowest BCUT2D eigenvalue weighted by atomic mass is 9.61. The monoisotopic (exact) mass is 780 g/mol. The molecule has 1 spiro atoms. The second-order valence-corrected chi connectivity index (χ2v) is 20.3. The molecule has 2 bridgehead atoms. The molecule has 1 saturated carbocycles. The van der Waals surface area contributed by atoms with Crippen LogP contribution in [0, 0.1) is 17.8 Å². The van der Waals surface area contributed by atoms with Crippen LogP contribution in [0.4, 0.5) is 5.69 Å². The first-order chi connectivity index (χ1) is 26.0. The van der Waals surface area contributed by atoms with E-state index in [1.807, 2.05) is 32.2 Å². The van der Waals surface area contributed by atoms with Gasteiger partial charge in [-0.1, -0.05) is 37.4 Å². The maximum atomic E-state index is 13.7. The Morgan fingerprint density at radius 3 is 2.65 bits per heavy atom. The molecule has 2 saturated heterocycles. The Hall–Kier alpha value is -2.37. The quantitative estimate of drug-likeness (QED) is 0.353. The van der Waals surface area contributed by atoms with Gasteiger partial charge in [0, 0.05) is 68.4 Å². The fraction of sp³-hybridized carbons (Fsp3) is 0.698. The topological polar surface area (TPSA) is 91.4 Å². The number of benzene rings is 2. The van der Waals surface area contributed by atoms with Crippen molar-refractivity contribution in [1.82, 2.24) is 14.5 Å². The number of anilines is 1. The first-order valence-electron chi connectivity index (χ1n) is 20.9. The number of ether oxygens (including phenoxy) is 2. The van der Waals surface area contributed by atoms with E-state index >= 15 is 0 Å². The minimum Gasteiger partial charge on any atom is -0.490 e. The van der Waals surface area contributed by atoms with Crippen LogP contribution in [0.15, 0.2) is 36.4 Å². The van der Waals surface area contributed by atoms with Crippen molar-refractivity contribution >= 4 is 33.2 Å². The number of piperazine rings is 1. The number of carbonyl (C=O) groups is 1. The number of methoxy groups -OCH3 is 1. The first-order valence-corrected chi connectivity index (χ1v) is 22.8. The number of nitrogens with zero attached hydrogens (tertiary/aromatic N) is 3. The van der Waals surface area contributed by atoms with Gasteiger partial charge in [0.25, 0.3) is 5.91 Å². The smallest absolute Gasteiger partial charge is 0.264 e. The van der Waals surface area contributed by atoms with Crippen LogP contribution in [0.3, 0.4) is 0 Å². The number of hydrogen-bond donors (Lipinski definition) is 1. The number of piperidine rings is 1. The van der Waals surface area contributed by atoms with E-state index < -0.39 is 21.2 Å². The number of hydrogen-bond acceptors (Lipinski definition) is 8. The Morgan fingerprint density at radius 2 is 1.83 bits per heavy atom. The SMILES string of the molecule is CO[C@]1(CCN2CCN3CCCC[C@@H]3C2)CCC[C@H](C)[C@@H](C)S(=O)(=O)NC(=O)c2ccc3c(c2)N(C[C@@H]2CC[C@H]21)C[C@@]1(CCCc2cc(Cl)ccc21)CO3. The lowest BCUT2D eigenvalue weighted by Crippen LogP contribution is -2.57. The van der Waals surface area contributed by atoms with Gasteiger partial charge in [-0.25, -0.2) is 13.1 Å². The predicted molar refractivity (Wildman–Crippen MR) is 215 cm³/mol. The molecule has 0 radical (unpaired) electrons. The van der Waals surface area contributed by atoms with Gasteiger partial charge in [0.15, 0.2) is 0 Å². The zero-order valence-electron chi connectivity index (χ0n) is 32.7. The van der Waals surface area contributed by atoms with Crippen LogP contribution in [0.5, 0.6) is 5.75 Å². The minimum atomic E-state index is -3.91. The molecule has 2 aliphatic carbocycles. The molecular formula is C43H61ClN4O5S. The summed E-state index contributed by atoms with van der Waals surface area (Å²) in [5, 5.41) is 0.0479. The molecule has 1 N–H and O–H groups in total. The number of sulfonamides is 1. The van der Waals surface area contributed by atoms with Crippen LogP contribution in [0.25, 0.3) is 0 Å². The Morgan fingerprint density at radius 1 is 0.963 bits per heavy atom. The molecule has 2 aromatic carbocycles. The van der Waals surface area contributed by atoms with Crippen molar-refractivity contribution in [3.63, 3.8) is 0 Å². The second-order valence-electron chi connectivity index (χ2n) is 17.8. The maximum absolute atomic E-state index is 13.7. The van der Waals surface area contributed by atoms with Crippen LogP contribution in [0.1, 0.15) is 106 Å². The number of halogens is 1. The fourth-order valence-corrected chi connectivity index (χ4v) is 12.7. The summed E-state index contributed by atoms with van der Waals surface area (Å²) in [4.78, 5) is 21.6. The van der Waals surface area contributed by atoms with Gasteiger partial charge in [0.1, 0.15) is 5.75 Å². The third-order valence-corrected chi connectivity index (χ3v) is 17.0. The zero-order chi connectivity index (χ0) is 37.7. The largest absolute Gasteiger partial charge is 0.490 e. The first kappa shape index (κ1) is 38.5. The summed E-state index contributed by atoms with van der Waals surface area (Å²) in [5.74, 6) is 0.837. The van der Waals surface area contributed by atoms with E-state index in [0.717, 1.165) is 114 Å². The molecular weight excluding hydrogens is 720 g/mol. The Bertz CT molecular complexity index is 1810. The molecule has 6 aliphatic rings. The van der Waals surface area contributed by atoms with Gasteiger partial charge >= 0.3 is 0 Å². The molecule has 2 aromatic rings. The van der Waals surface area contributed by atoms with Gasteiger partial charge in [0.05, 0.1) is 23.1 Å². The number of aryl methyl sites for hydroxylation is 1. The minimum absolute atomic E-state index is 0.116. The van der Waals surface area contributed by atoms with Crippen LogP contribution < -0.4 is 14.4 Å². The van der Waals surface area contributed by atoms with E-state index in [-0.39, 0.29) is 16.9 Å². The van der Waals surface area contributed by atoms with Crippen molar-refractivity contribution in [3.05, 3.63) is 58.1 Å². The van der Waals surface area contributed by atoms with Crippen LogP contribution in [-0.4, -0.2) is 101 Å². The second kappa shape index (κ2) is 15.5. The van der Waals surface area contributed by atoms with Crippen molar-refractivity contribution in [1.29, 1.82) is 0 Å². The summed E-state index contributed by atoms with van der Waals surface area (Å²) in [5.41, 5.74) is 3.26. The molecule has 54 heavy (non-hydrogen) atoms. The molecule has 8 rings (SSSR count). The van der Waals surface area contributed by atoms with Gasteiger partial charge in [-0.05, 0) is 137 Å². The highest BCUT2D eigenvalue weighted by Gasteiger charge is 2.50. The van der Waals surface area contributed by atoms with E-state index in [0.29, 0.717) is 30.0 Å². The van der Waals surface area contributed by atoms with Crippen LogP contribution >= 0.6 is 11.6 Å². The van der Waals surface area contributed by atoms with E-state index in [1.165, 1.54) is 36.9 Å². The molecule has 9 nitrogen and oxygen atoms in total. The molecule has 7 atom stereocenters. The normalized spacial score (nSPS) is 34.7. The van der Waals surface area contributed by atoms with Gasteiger partial charge in [-0.3, -0.25) is 9.69 Å². The van der Waals surface area contributed by atoms with Crippen molar-refractivity contribution < 1.29 is 22.7 Å². The molecule has 4 heterocycles. The zero-order valence-corrected chi connectivity index (χ0v) is 34.2. The van der Waals surface area contributed by atoms with Crippen LogP contribution in [0.2, 0.25) is 5.02 Å². The highest BCUT2D eigenvalue weighted by molar-refractivity contribution is 7.90. The summed E-state index contributed by atoms with van der Waals surface area (Å²) in [6.45, 7) is 11.5. The van der Waals surface area contributed by atoms with E-state index in [9.17, 15) is 13.2 Å². The summed E-state index contributed by atoms with van der Waals surface area (Å²) in [6.07, 6.45) is 12.8. The Labute approximate surface area is 328 Å². The van der Waals surface area contributed by atoms with E-state index in [1.54, 1.807) is 13.0 Å². The number of amides is 1. The number of rotatable bonds is 4. The number of carbonyl (C=O) groups excluding carboxylic acids is 1. The number of fused-ring (bicyclic) bond motifs is 5. The average Bonchev–Trinajstić information content (AvgIpc) is 3.30. The highest BCUT2D eigenvalue weighted by Crippen LogP contribution is 2.51. The third kappa shape index (κ3) is 7.44. The lowest BCUT2D eigenvalue weighted by Gasteiger charge is -2.53. The predicted octanol–water partition coefficient (Wildman–Crippen LogP) is 7.05. The summed E-state index contributed by atoms with van der Waals surface area (Å²) in [7, 11) is -1.98.